The maximum atomic E-state index is 6.29. The standard InChI is InChI=1S/C42H26N4O2/c1-2-10-26(11-3-1)40-44-41(46-42(45-40)31-15-9-18-34-37(31)30-13-5-7-17-33(30)47-34)27-22-20-25(21-23-27)29-14-8-19-35-38(29)39-36(48-35)24-28-12-4-6-16-32(28)43-39/h1-24,40H,(H,44,45,46). The van der Waals surface area contributed by atoms with E-state index in [1.54, 1.807) is 0 Å². The highest BCUT2D eigenvalue weighted by atomic mass is 16.3. The number of hydrogen-bond acceptors (Lipinski definition) is 6. The Morgan fingerprint density at radius 3 is 2.10 bits per heavy atom. The van der Waals surface area contributed by atoms with Gasteiger partial charge >= 0.3 is 0 Å². The summed E-state index contributed by atoms with van der Waals surface area (Å²) in [5.74, 6) is 1.41. The lowest BCUT2D eigenvalue weighted by atomic mass is 9.99. The molecular weight excluding hydrogens is 592 g/mol. The van der Waals surface area contributed by atoms with Gasteiger partial charge in [0.25, 0.3) is 0 Å². The van der Waals surface area contributed by atoms with Gasteiger partial charge in [0.2, 0.25) is 0 Å². The Kier molecular flexibility index (Phi) is 5.84. The first-order chi connectivity index (χ1) is 23.8. The molecular formula is C42H26N4O2. The second-order valence-electron chi connectivity index (χ2n) is 12.0. The highest BCUT2D eigenvalue weighted by molar-refractivity contribution is 6.22. The van der Waals surface area contributed by atoms with E-state index in [-0.39, 0.29) is 6.17 Å². The summed E-state index contributed by atoms with van der Waals surface area (Å²) in [6.07, 6.45) is -0.311. The molecule has 6 heteroatoms. The van der Waals surface area contributed by atoms with Crippen molar-refractivity contribution in [3.05, 3.63) is 162 Å². The molecule has 6 nitrogen and oxygen atoms in total. The molecule has 1 N–H and O–H groups in total. The summed E-state index contributed by atoms with van der Waals surface area (Å²) >= 11 is 0. The van der Waals surface area contributed by atoms with E-state index in [1.165, 1.54) is 0 Å². The van der Waals surface area contributed by atoms with Crippen molar-refractivity contribution in [3.63, 3.8) is 0 Å². The predicted molar refractivity (Wildman–Crippen MR) is 194 cm³/mol. The Balaban J connectivity index is 1.10. The fraction of sp³-hybridized carbons (Fsp3) is 0.0238. The summed E-state index contributed by atoms with van der Waals surface area (Å²) < 4.78 is 12.5. The molecule has 1 unspecified atom stereocenters. The first kappa shape index (κ1) is 26.7. The Bertz CT molecular complexity index is 2760. The van der Waals surface area contributed by atoms with Crippen molar-refractivity contribution >= 4 is 66.6 Å². The van der Waals surface area contributed by atoms with Crippen LogP contribution in [-0.2, 0) is 0 Å². The van der Waals surface area contributed by atoms with E-state index in [0.717, 1.165) is 88.6 Å². The molecule has 1 aliphatic heterocycles. The minimum atomic E-state index is -0.311. The summed E-state index contributed by atoms with van der Waals surface area (Å²) in [6, 6.07) is 49.3. The molecule has 0 saturated carbocycles. The van der Waals surface area contributed by atoms with Crippen LogP contribution in [0.25, 0.3) is 66.0 Å². The zero-order valence-corrected chi connectivity index (χ0v) is 25.6. The lowest BCUT2D eigenvalue weighted by Crippen LogP contribution is -2.33. The second kappa shape index (κ2) is 10.5. The summed E-state index contributed by atoms with van der Waals surface area (Å²) in [7, 11) is 0. The van der Waals surface area contributed by atoms with E-state index in [2.05, 4.69) is 72.0 Å². The third-order valence-electron chi connectivity index (χ3n) is 9.14. The summed E-state index contributed by atoms with van der Waals surface area (Å²) in [5, 5.41) is 7.78. The molecule has 0 aliphatic carbocycles. The monoisotopic (exact) mass is 618 g/mol. The smallest absolute Gasteiger partial charge is 0.159 e. The first-order valence-electron chi connectivity index (χ1n) is 16.0. The van der Waals surface area contributed by atoms with Gasteiger partial charge in [-0.1, -0.05) is 115 Å². The number of nitrogens with zero attached hydrogens (tertiary/aromatic N) is 3. The molecule has 3 aromatic heterocycles. The molecule has 0 bridgehead atoms. The van der Waals surface area contributed by atoms with Crippen molar-refractivity contribution in [1.82, 2.24) is 10.3 Å². The van der Waals surface area contributed by atoms with Crippen molar-refractivity contribution in [1.29, 1.82) is 0 Å². The number of para-hydroxylation sites is 2. The molecule has 0 spiro atoms. The fourth-order valence-electron chi connectivity index (χ4n) is 6.87. The third-order valence-corrected chi connectivity index (χ3v) is 9.14. The molecule has 0 radical (unpaired) electrons. The average Bonchev–Trinajstić information content (AvgIpc) is 3.72. The minimum Gasteiger partial charge on any atom is -0.456 e. The van der Waals surface area contributed by atoms with Crippen LogP contribution in [0.3, 0.4) is 0 Å². The van der Waals surface area contributed by atoms with Gasteiger partial charge in [-0.2, -0.15) is 0 Å². The average molecular weight is 619 g/mol. The zero-order valence-electron chi connectivity index (χ0n) is 25.6. The maximum absolute atomic E-state index is 6.29. The van der Waals surface area contributed by atoms with Crippen LogP contribution in [0.15, 0.2) is 164 Å². The lowest BCUT2D eigenvalue weighted by molar-refractivity contribution is 0.667. The maximum Gasteiger partial charge on any atom is 0.159 e. The van der Waals surface area contributed by atoms with Crippen LogP contribution in [0, 0.1) is 0 Å². The van der Waals surface area contributed by atoms with E-state index in [0.29, 0.717) is 5.84 Å². The van der Waals surface area contributed by atoms with Gasteiger partial charge < -0.3 is 14.2 Å². The van der Waals surface area contributed by atoms with Crippen molar-refractivity contribution in [2.24, 2.45) is 9.98 Å². The second-order valence-corrected chi connectivity index (χ2v) is 12.0. The van der Waals surface area contributed by atoms with Crippen LogP contribution in [0.5, 0.6) is 0 Å². The van der Waals surface area contributed by atoms with Crippen molar-refractivity contribution in [2.45, 2.75) is 6.17 Å². The lowest BCUT2D eigenvalue weighted by Gasteiger charge is -2.24. The van der Waals surface area contributed by atoms with E-state index in [1.807, 2.05) is 78.9 Å². The third kappa shape index (κ3) is 4.23. The van der Waals surface area contributed by atoms with Gasteiger partial charge in [-0.15, -0.1) is 0 Å². The normalized spacial score (nSPS) is 14.9. The van der Waals surface area contributed by atoms with Gasteiger partial charge in [0.15, 0.2) is 11.4 Å². The van der Waals surface area contributed by atoms with Gasteiger partial charge in [0.1, 0.15) is 34.3 Å². The number of fused-ring (bicyclic) bond motifs is 7. The van der Waals surface area contributed by atoms with Crippen molar-refractivity contribution in [2.75, 3.05) is 0 Å². The summed E-state index contributed by atoms with van der Waals surface area (Å²) in [6.45, 7) is 0. The van der Waals surface area contributed by atoms with E-state index >= 15 is 0 Å². The van der Waals surface area contributed by atoms with Gasteiger partial charge in [-0.25, -0.2) is 15.0 Å². The number of pyridine rings is 1. The number of furan rings is 2. The molecule has 10 rings (SSSR count). The number of nitrogens with one attached hydrogen (secondary N) is 1. The molecule has 0 saturated heterocycles. The van der Waals surface area contributed by atoms with Crippen LogP contribution < -0.4 is 5.32 Å². The van der Waals surface area contributed by atoms with Crippen LogP contribution in [-0.4, -0.2) is 16.7 Å². The van der Waals surface area contributed by atoms with E-state index in [4.69, 9.17) is 23.8 Å². The summed E-state index contributed by atoms with van der Waals surface area (Å²) in [5.41, 5.74) is 10.2. The van der Waals surface area contributed by atoms with E-state index < -0.39 is 0 Å². The zero-order chi connectivity index (χ0) is 31.6. The molecule has 1 aliphatic rings. The molecule has 226 valence electrons. The quantitative estimate of drug-likeness (QED) is 0.213. The molecule has 0 amide bonds. The number of hydrogen-bond donors (Lipinski definition) is 1. The molecule has 1 atom stereocenters. The van der Waals surface area contributed by atoms with E-state index in [9.17, 15) is 0 Å². The topological polar surface area (TPSA) is 75.9 Å². The Labute approximate surface area is 274 Å². The van der Waals surface area contributed by atoms with Gasteiger partial charge in [-0.05, 0) is 47.0 Å². The first-order valence-corrected chi connectivity index (χ1v) is 16.0. The fourth-order valence-corrected chi connectivity index (χ4v) is 6.87. The molecule has 9 aromatic rings. The van der Waals surface area contributed by atoms with Gasteiger partial charge in [0.05, 0.1) is 10.9 Å². The number of aliphatic imine (C=N–C) groups is 2. The number of aromatic nitrogens is 1. The van der Waals surface area contributed by atoms with Gasteiger partial charge in [0, 0.05) is 27.3 Å². The van der Waals surface area contributed by atoms with Crippen LogP contribution >= 0.6 is 0 Å². The molecule has 6 aromatic carbocycles. The highest BCUT2D eigenvalue weighted by Gasteiger charge is 2.24. The van der Waals surface area contributed by atoms with Crippen molar-refractivity contribution in [3.8, 4) is 11.1 Å². The van der Waals surface area contributed by atoms with Crippen LogP contribution in [0.1, 0.15) is 22.9 Å². The largest absolute Gasteiger partial charge is 0.456 e. The molecule has 4 heterocycles. The van der Waals surface area contributed by atoms with Gasteiger partial charge in [-0.3, -0.25) is 0 Å². The molecule has 0 fully saturated rings. The summed E-state index contributed by atoms with van der Waals surface area (Å²) in [4.78, 5) is 15.3. The van der Waals surface area contributed by atoms with Crippen molar-refractivity contribution < 1.29 is 8.83 Å². The number of rotatable bonds is 4. The minimum absolute atomic E-state index is 0.311. The molecule has 48 heavy (non-hydrogen) atoms. The Hall–Kier alpha value is -6.53. The SMILES string of the molecule is c1ccc(C2N=C(c3ccc(-c4cccc5oc6cc7ccccc7nc6c45)cc3)N=C(c3cccc4oc5ccccc5c34)N2)cc1. The highest BCUT2D eigenvalue weighted by Crippen LogP contribution is 2.37. The van der Waals surface area contributed by atoms with Crippen LogP contribution in [0.4, 0.5) is 0 Å². The Morgan fingerprint density at radius 1 is 0.542 bits per heavy atom. The predicted octanol–water partition coefficient (Wildman–Crippen LogP) is 10.2. The Morgan fingerprint density at radius 2 is 1.23 bits per heavy atom. The van der Waals surface area contributed by atoms with Crippen LogP contribution in [0.2, 0.25) is 0 Å². The number of amidine groups is 2. The number of benzene rings is 6.